The van der Waals surface area contributed by atoms with E-state index in [1.165, 1.54) is 24.6 Å². The van der Waals surface area contributed by atoms with E-state index in [1.807, 2.05) is 31.2 Å². The molecule has 1 saturated heterocycles. The fourth-order valence-corrected chi connectivity index (χ4v) is 5.28. The van der Waals surface area contributed by atoms with Crippen LogP contribution >= 0.6 is 0 Å². The Hall–Kier alpha value is -3.32. The number of amides is 1. The maximum absolute atomic E-state index is 13.0. The van der Waals surface area contributed by atoms with Gasteiger partial charge >= 0.3 is 0 Å². The highest BCUT2D eigenvalue weighted by molar-refractivity contribution is 7.92. The lowest BCUT2D eigenvalue weighted by atomic mass is 10.1. The Morgan fingerprint density at radius 2 is 1.58 bits per heavy atom. The molecule has 6 nitrogen and oxygen atoms in total. The van der Waals surface area contributed by atoms with Crippen molar-refractivity contribution in [3.63, 3.8) is 0 Å². The Morgan fingerprint density at radius 1 is 0.909 bits per heavy atom. The van der Waals surface area contributed by atoms with E-state index < -0.39 is 10.0 Å². The lowest BCUT2D eigenvalue weighted by Gasteiger charge is -2.17. The van der Waals surface area contributed by atoms with Crippen LogP contribution < -0.4 is 14.9 Å². The Balaban J connectivity index is 1.44. The number of nitrogens with zero attached hydrogens (tertiary/aromatic N) is 1. The molecule has 0 radical (unpaired) electrons. The quantitative estimate of drug-likeness (QED) is 0.535. The molecule has 0 aliphatic carbocycles. The topological polar surface area (TPSA) is 78.5 Å². The Morgan fingerprint density at radius 3 is 2.24 bits per heavy atom. The average molecular weight is 464 g/mol. The Labute approximate surface area is 195 Å². The van der Waals surface area contributed by atoms with Crippen molar-refractivity contribution in [3.05, 3.63) is 89.0 Å². The first kappa shape index (κ1) is 22.9. The monoisotopic (exact) mass is 463 g/mol. The number of rotatable bonds is 7. The summed E-state index contributed by atoms with van der Waals surface area (Å²) in [4.78, 5) is 15.2. The van der Waals surface area contributed by atoms with E-state index in [9.17, 15) is 13.2 Å². The van der Waals surface area contributed by atoms with Crippen molar-refractivity contribution >= 4 is 27.3 Å². The van der Waals surface area contributed by atoms with Crippen LogP contribution in [0, 0.1) is 13.8 Å². The molecule has 1 amide bonds. The lowest BCUT2D eigenvalue weighted by Crippen LogP contribution is -2.24. The molecule has 1 heterocycles. The second-order valence-electron chi connectivity index (χ2n) is 8.50. The van der Waals surface area contributed by atoms with Gasteiger partial charge in [-0.25, -0.2) is 8.42 Å². The molecule has 1 aliphatic rings. The van der Waals surface area contributed by atoms with E-state index in [0.717, 1.165) is 24.2 Å². The first-order chi connectivity index (χ1) is 15.8. The van der Waals surface area contributed by atoms with Gasteiger partial charge in [0.05, 0.1) is 4.90 Å². The van der Waals surface area contributed by atoms with E-state index in [4.69, 9.17) is 0 Å². The van der Waals surface area contributed by atoms with Crippen molar-refractivity contribution in [3.8, 4) is 0 Å². The van der Waals surface area contributed by atoms with E-state index in [1.54, 1.807) is 31.2 Å². The Bertz CT molecular complexity index is 1230. The highest BCUT2D eigenvalue weighted by atomic mass is 32.2. The van der Waals surface area contributed by atoms with Crippen molar-refractivity contribution in [1.82, 2.24) is 5.32 Å². The number of carbonyl (C=O) groups is 1. The van der Waals surface area contributed by atoms with Crippen LogP contribution in [0.2, 0.25) is 0 Å². The second-order valence-corrected chi connectivity index (χ2v) is 10.1. The maximum atomic E-state index is 13.0. The molecule has 4 rings (SSSR count). The smallest absolute Gasteiger partial charge is 0.262 e. The molecule has 1 fully saturated rings. The lowest BCUT2D eigenvalue weighted by molar-refractivity contribution is 0.0950. The summed E-state index contributed by atoms with van der Waals surface area (Å²) in [7, 11) is -3.83. The van der Waals surface area contributed by atoms with Gasteiger partial charge in [0.1, 0.15) is 0 Å². The van der Waals surface area contributed by atoms with Gasteiger partial charge in [-0.2, -0.15) is 0 Å². The number of benzene rings is 3. The highest BCUT2D eigenvalue weighted by Crippen LogP contribution is 2.22. The van der Waals surface area contributed by atoms with Gasteiger partial charge in [-0.3, -0.25) is 9.52 Å². The Kier molecular flexibility index (Phi) is 6.70. The van der Waals surface area contributed by atoms with Crippen LogP contribution in [0.3, 0.4) is 0 Å². The van der Waals surface area contributed by atoms with Crippen molar-refractivity contribution in [2.45, 2.75) is 38.1 Å². The zero-order valence-corrected chi connectivity index (χ0v) is 19.8. The van der Waals surface area contributed by atoms with Gasteiger partial charge in [0, 0.05) is 36.6 Å². The van der Waals surface area contributed by atoms with Gasteiger partial charge in [-0.15, -0.1) is 0 Å². The summed E-state index contributed by atoms with van der Waals surface area (Å²) >= 11 is 0. The van der Waals surface area contributed by atoms with Crippen LogP contribution in [0.1, 0.15) is 39.9 Å². The summed E-state index contributed by atoms with van der Waals surface area (Å²) in [6, 6.07) is 20.0. The minimum Gasteiger partial charge on any atom is -0.372 e. The molecule has 0 unspecified atom stereocenters. The fourth-order valence-electron chi connectivity index (χ4n) is 3.95. The number of hydrogen-bond donors (Lipinski definition) is 2. The van der Waals surface area contributed by atoms with Gasteiger partial charge in [-0.05, 0) is 74.2 Å². The van der Waals surface area contributed by atoms with Gasteiger partial charge in [0.25, 0.3) is 15.9 Å². The van der Waals surface area contributed by atoms with Crippen molar-refractivity contribution in [2.24, 2.45) is 0 Å². The van der Waals surface area contributed by atoms with Gasteiger partial charge in [0.2, 0.25) is 0 Å². The summed E-state index contributed by atoms with van der Waals surface area (Å²) in [6.07, 6.45) is 2.46. The molecular weight excluding hydrogens is 434 g/mol. The number of sulfonamides is 1. The maximum Gasteiger partial charge on any atom is 0.262 e. The SMILES string of the molecule is Cc1ccc(NS(=O)(=O)c2cc(C(=O)NCc3ccc(N4CCCC4)cc3)ccc2C)cc1. The molecule has 2 N–H and O–H groups in total. The molecule has 172 valence electrons. The number of anilines is 2. The largest absolute Gasteiger partial charge is 0.372 e. The van der Waals surface area contributed by atoms with Gasteiger partial charge in [0.15, 0.2) is 0 Å². The summed E-state index contributed by atoms with van der Waals surface area (Å²) < 4.78 is 28.5. The van der Waals surface area contributed by atoms with Gasteiger partial charge < -0.3 is 10.2 Å². The third-order valence-electron chi connectivity index (χ3n) is 5.90. The molecule has 3 aromatic carbocycles. The first-order valence-corrected chi connectivity index (χ1v) is 12.6. The summed E-state index contributed by atoms with van der Waals surface area (Å²) in [6.45, 7) is 6.21. The molecule has 0 spiro atoms. The predicted octanol–water partition coefficient (Wildman–Crippen LogP) is 4.63. The molecule has 0 bridgehead atoms. The molecule has 33 heavy (non-hydrogen) atoms. The van der Waals surface area contributed by atoms with Crippen molar-refractivity contribution in [1.29, 1.82) is 0 Å². The molecule has 7 heteroatoms. The van der Waals surface area contributed by atoms with Crippen LogP contribution in [-0.4, -0.2) is 27.4 Å². The molecule has 0 atom stereocenters. The normalized spacial score (nSPS) is 13.7. The van der Waals surface area contributed by atoms with Crippen LogP contribution in [0.25, 0.3) is 0 Å². The van der Waals surface area contributed by atoms with E-state index >= 15 is 0 Å². The minimum absolute atomic E-state index is 0.0886. The van der Waals surface area contributed by atoms with Crippen LogP contribution in [0.5, 0.6) is 0 Å². The number of nitrogens with one attached hydrogen (secondary N) is 2. The van der Waals surface area contributed by atoms with Gasteiger partial charge in [-0.1, -0.05) is 35.9 Å². The highest BCUT2D eigenvalue weighted by Gasteiger charge is 2.19. The van der Waals surface area contributed by atoms with E-state index in [0.29, 0.717) is 23.4 Å². The van der Waals surface area contributed by atoms with E-state index in [2.05, 4.69) is 27.1 Å². The fraction of sp³-hybridized carbons (Fsp3) is 0.269. The minimum atomic E-state index is -3.83. The summed E-state index contributed by atoms with van der Waals surface area (Å²) in [5, 5.41) is 2.89. The number of aryl methyl sites for hydroxylation is 2. The second kappa shape index (κ2) is 9.67. The zero-order valence-electron chi connectivity index (χ0n) is 19.0. The molecule has 1 aliphatic heterocycles. The number of hydrogen-bond acceptors (Lipinski definition) is 4. The van der Waals surface area contributed by atoms with E-state index in [-0.39, 0.29) is 10.8 Å². The first-order valence-electron chi connectivity index (χ1n) is 11.1. The molecule has 3 aromatic rings. The third-order valence-corrected chi connectivity index (χ3v) is 7.43. The van der Waals surface area contributed by atoms with Crippen LogP contribution in [-0.2, 0) is 16.6 Å². The molecule has 0 aromatic heterocycles. The van der Waals surface area contributed by atoms with Crippen molar-refractivity contribution in [2.75, 3.05) is 22.7 Å². The van der Waals surface area contributed by atoms with Crippen LogP contribution in [0.4, 0.5) is 11.4 Å². The van der Waals surface area contributed by atoms with Crippen molar-refractivity contribution < 1.29 is 13.2 Å². The molecule has 0 saturated carbocycles. The third kappa shape index (κ3) is 5.54. The summed E-state index contributed by atoms with van der Waals surface area (Å²) in [5.41, 5.74) is 4.59. The standard InChI is InChI=1S/C26H29N3O3S/c1-19-5-11-23(12-6-19)28-33(31,32)25-17-22(10-7-20(25)2)26(30)27-18-21-8-13-24(14-9-21)29-15-3-4-16-29/h5-14,17,28H,3-4,15-16,18H2,1-2H3,(H,27,30). The van der Waals surface area contributed by atoms with Crippen LogP contribution in [0.15, 0.2) is 71.6 Å². The predicted molar refractivity (Wildman–Crippen MR) is 132 cm³/mol. The zero-order chi connectivity index (χ0) is 23.4. The average Bonchev–Trinajstić information content (AvgIpc) is 3.34. The molecular formula is C26H29N3O3S. The summed E-state index contributed by atoms with van der Waals surface area (Å²) in [5.74, 6) is -0.314. The number of carbonyl (C=O) groups excluding carboxylic acids is 1.